The normalized spacial score (nSPS) is 32.2. The van der Waals surface area contributed by atoms with Gasteiger partial charge in [0.15, 0.2) is 0 Å². The molecule has 1 saturated heterocycles. The largest absolute Gasteiger partial charge is 0.380 e. The Bertz CT molecular complexity index is 117. The maximum Gasteiger partial charge on any atom is 0.0620 e. The van der Waals surface area contributed by atoms with Crippen molar-refractivity contribution in [2.24, 2.45) is 5.92 Å². The minimum absolute atomic E-state index is 0.663. The summed E-state index contributed by atoms with van der Waals surface area (Å²) in [6, 6.07) is 0.663. The zero-order valence-electron chi connectivity index (χ0n) is 7.01. The van der Waals surface area contributed by atoms with Crippen molar-refractivity contribution in [3.8, 4) is 0 Å². The highest BCUT2D eigenvalue weighted by Gasteiger charge is 2.20. The molecule has 1 unspecified atom stereocenters. The summed E-state index contributed by atoms with van der Waals surface area (Å²) in [5, 5.41) is 3.56. The second-order valence-electron chi connectivity index (χ2n) is 3.77. The smallest absolute Gasteiger partial charge is 0.0620 e. The Morgan fingerprint density at radius 1 is 1.27 bits per heavy atom. The fraction of sp³-hybridized carbons (Fsp3) is 1.00. The zero-order valence-corrected chi connectivity index (χ0v) is 7.01. The second kappa shape index (κ2) is 3.55. The fourth-order valence-corrected chi connectivity index (χ4v) is 1.73. The van der Waals surface area contributed by atoms with E-state index in [1.54, 1.807) is 0 Å². The Balaban J connectivity index is 1.57. The van der Waals surface area contributed by atoms with E-state index in [-0.39, 0.29) is 0 Å². The third kappa shape index (κ3) is 1.94. The average Bonchev–Trinajstić information content (AvgIpc) is 2.36. The number of nitrogens with one attached hydrogen (secondary N) is 1. The van der Waals surface area contributed by atoms with Crippen LogP contribution in [0.1, 0.15) is 25.7 Å². The Hall–Kier alpha value is -0.0800. The van der Waals surface area contributed by atoms with Crippen LogP contribution in [0.2, 0.25) is 0 Å². The Kier molecular flexibility index (Phi) is 2.44. The third-order valence-corrected chi connectivity index (χ3v) is 2.85. The predicted molar refractivity (Wildman–Crippen MR) is 44.6 cm³/mol. The van der Waals surface area contributed by atoms with Crippen LogP contribution in [-0.2, 0) is 4.74 Å². The molecule has 2 aliphatic rings. The van der Waals surface area contributed by atoms with Gasteiger partial charge in [-0.15, -0.1) is 0 Å². The topological polar surface area (TPSA) is 21.3 Å². The molecule has 2 heteroatoms. The Morgan fingerprint density at radius 2 is 2.18 bits per heavy atom. The molecule has 2 rings (SSSR count). The third-order valence-electron chi connectivity index (χ3n) is 2.85. The summed E-state index contributed by atoms with van der Waals surface area (Å²) in [6.07, 6.45) is 5.56. The van der Waals surface area contributed by atoms with Crippen LogP contribution in [0.5, 0.6) is 0 Å². The van der Waals surface area contributed by atoms with E-state index < -0.39 is 0 Å². The molecule has 1 heterocycles. The number of rotatable bonds is 3. The van der Waals surface area contributed by atoms with Crippen molar-refractivity contribution in [3.05, 3.63) is 0 Å². The Morgan fingerprint density at radius 3 is 2.73 bits per heavy atom. The van der Waals surface area contributed by atoms with Gasteiger partial charge in [-0.1, -0.05) is 6.42 Å². The molecule has 1 atom stereocenters. The van der Waals surface area contributed by atoms with E-state index in [4.69, 9.17) is 4.74 Å². The van der Waals surface area contributed by atoms with Gasteiger partial charge in [-0.2, -0.15) is 0 Å². The van der Waals surface area contributed by atoms with Gasteiger partial charge in [0, 0.05) is 12.6 Å². The minimum atomic E-state index is 0.663. The summed E-state index contributed by atoms with van der Waals surface area (Å²) in [4.78, 5) is 0. The van der Waals surface area contributed by atoms with Crippen molar-refractivity contribution >= 4 is 0 Å². The highest BCUT2D eigenvalue weighted by atomic mass is 16.5. The predicted octanol–water partition coefficient (Wildman–Crippen LogP) is 1.17. The molecule has 0 radical (unpaired) electrons. The lowest BCUT2D eigenvalue weighted by Crippen LogP contribution is -2.35. The molecule has 1 aliphatic heterocycles. The molecule has 0 aromatic rings. The van der Waals surface area contributed by atoms with Crippen molar-refractivity contribution in [1.82, 2.24) is 5.32 Å². The first-order valence-electron chi connectivity index (χ1n) is 4.76. The van der Waals surface area contributed by atoms with Crippen LogP contribution >= 0.6 is 0 Å². The van der Waals surface area contributed by atoms with Crippen LogP contribution in [0, 0.1) is 5.92 Å². The van der Waals surface area contributed by atoms with Crippen molar-refractivity contribution in [1.29, 1.82) is 0 Å². The first-order chi connectivity index (χ1) is 5.45. The van der Waals surface area contributed by atoms with Gasteiger partial charge < -0.3 is 10.1 Å². The van der Waals surface area contributed by atoms with Gasteiger partial charge in [-0.05, 0) is 31.7 Å². The van der Waals surface area contributed by atoms with Gasteiger partial charge in [-0.25, -0.2) is 0 Å². The van der Waals surface area contributed by atoms with E-state index >= 15 is 0 Å². The molecular weight excluding hydrogens is 138 g/mol. The van der Waals surface area contributed by atoms with Crippen LogP contribution in [-0.4, -0.2) is 25.8 Å². The molecule has 0 aromatic carbocycles. The lowest BCUT2D eigenvalue weighted by atomic mass is 9.85. The van der Waals surface area contributed by atoms with Crippen LogP contribution in [0.4, 0.5) is 0 Å². The average molecular weight is 155 g/mol. The monoisotopic (exact) mass is 155 g/mol. The van der Waals surface area contributed by atoms with E-state index in [9.17, 15) is 0 Å². The van der Waals surface area contributed by atoms with Gasteiger partial charge >= 0.3 is 0 Å². The van der Waals surface area contributed by atoms with Crippen molar-refractivity contribution < 1.29 is 4.74 Å². The molecule has 64 valence electrons. The summed E-state index contributed by atoms with van der Waals surface area (Å²) in [5.74, 6) is 0.982. The van der Waals surface area contributed by atoms with E-state index in [0.717, 1.165) is 19.1 Å². The summed E-state index contributed by atoms with van der Waals surface area (Å²) >= 11 is 0. The summed E-state index contributed by atoms with van der Waals surface area (Å²) < 4.78 is 5.28. The van der Waals surface area contributed by atoms with Gasteiger partial charge in [0.25, 0.3) is 0 Å². The van der Waals surface area contributed by atoms with Gasteiger partial charge in [0.1, 0.15) is 0 Å². The number of hydrogen-bond acceptors (Lipinski definition) is 2. The zero-order chi connectivity index (χ0) is 7.52. The molecule has 1 N–H and O–H groups in total. The lowest BCUT2D eigenvalue weighted by molar-refractivity contribution is 0.187. The highest BCUT2D eigenvalue weighted by Crippen LogP contribution is 2.25. The molecule has 1 aliphatic carbocycles. The molecule has 1 saturated carbocycles. The quantitative estimate of drug-likeness (QED) is 0.660. The first kappa shape index (κ1) is 7.56. The summed E-state index contributed by atoms with van der Waals surface area (Å²) in [6.45, 7) is 3.13. The molecule has 0 aromatic heterocycles. The van der Waals surface area contributed by atoms with E-state index in [1.165, 1.54) is 32.2 Å². The number of hydrogen-bond donors (Lipinski definition) is 1. The van der Waals surface area contributed by atoms with Crippen LogP contribution in [0.3, 0.4) is 0 Å². The Labute approximate surface area is 68.3 Å². The molecule has 2 fully saturated rings. The maximum absolute atomic E-state index is 5.28. The van der Waals surface area contributed by atoms with Gasteiger partial charge in [0.05, 0.1) is 6.61 Å². The second-order valence-corrected chi connectivity index (χ2v) is 3.77. The molecular formula is C9H17NO. The van der Waals surface area contributed by atoms with Crippen LogP contribution in [0.25, 0.3) is 0 Å². The minimum Gasteiger partial charge on any atom is -0.380 e. The summed E-state index contributed by atoms with van der Waals surface area (Å²) in [5.41, 5.74) is 0. The van der Waals surface area contributed by atoms with Crippen LogP contribution < -0.4 is 5.32 Å². The van der Waals surface area contributed by atoms with Gasteiger partial charge in [-0.3, -0.25) is 0 Å². The standard InChI is InChI=1S/C9H17NO/c1-2-8(3-1)6-10-9-4-5-11-7-9/h8-10H,1-7H2. The SMILES string of the molecule is C1CC(CNC2CCOC2)C1. The maximum atomic E-state index is 5.28. The van der Waals surface area contributed by atoms with Crippen LogP contribution in [0.15, 0.2) is 0 Å². The lowest BCUT2D eigenvalue weighted by Gasteiger charge is -2.26. The van der Waals surface area contributed by atoms with E-state index in [0.29, 0.717) is 6.04 Å². The molecule has 0 amide bonds. The molecule has 0 bridgehead atoms. The van der Waals surface area contributed by atoms with E-state index in [2.05, 4.69) is 5.32 Å². The molecule has 11 heavy (non-hydrogen) atoms. The van der Waals surface area contributed by atoms with E-state index in [1.807, 2.05) is 0 Å². The van der Waals surface area contributed by atoms with Gasteiger partial charge in [0.2, 0.25) is 0 Å². The summed E-state index contributed by atoms with van der Waals surface area (Å²) in [7, 11) is 0. The highest BCUT2D eigenvalue weighted by molar-refractivity contribution is 4.76. The molecule has 0 spiro atoms. The number of ether oxygens (including phenoxy) is 1. The molecule has 2 nitrogen and oxygen atoms in total. The first-order valence-corrected chi connectivity index (χ1v) is 4.76. The van der Waals surface area contributed by atoms with Crippen molar-refractivity contribution in [3.63, 3.8) is 0 Å². The van der Waals surface area contributed by atoms with Crippen molar-refractivity contribution in [2.45, 2.75) is 31.7 Å². The fourth-order valence-electron chi connectivity index (χ4n) is 1.73. The van der Waals surface area contributed by atoms with Crippen molar-refractivity contribution in [2.75, 3.05) is 19.8 Å².